The standard InChI is InChI=1S/C8H15N3O3S/c1-2-14-5-3-4-11-15(12,13)8-6-9-10-7-8/h6-7,11H,2-5H2,1H3,(H,9,10). The Morgan fingerprint density at radius 1 is 1.60 bits per heavy atom. The van der Waals surface area contributed by atoms with E-state index in [2.05, 4.69) is 14.9 Å². The topological polar surface area (TPSA) is 84.1 Å². The van der Waals surface area contributed by atoms with Gasteiger partial charge in [0.2, 0.25) is 10.0 Å². The van der Waals surface area contributed by atoms with Gasteiger partial charge in [0, 0.05) is 26.0 Å². The first-order chi connectivity index (χ1) is 7.17. The van der Waals surface area contributed by atoms with E-state index in [1.54, 1.807) is 0 Å². The summed E-state index contributed by atoms with van der Waals surface area (Å²) < 4.78 is 30.6. The van der Waals surface area contributed by atoms with Crippen molar-refractivity contribution in [3.8, 4) is 0 Å². The predicted molar refractivity (Wildman–Crippen MR) is 54.9 cm³/mol. The largest absolute Gasteiger partial charge is 0.382 e. The molecule has 0 saturated carbocycles. The van der Waals surface area contributed by atoms with Crippen LogP contribution in [0.2, 0.25) is 0 Å². The summed E-state index contributed by atoms with van der Waals surface area (Å²) in [5, 5.41) is 6.03. The molecule has 0 unspecified atom stereocenters. The van der Waals surface area contributed by atoms with E-state index < -0.39 is 10.0 Å². The van der Waals surface area contributed by atoms with Crippen molar-refractivity contribution in [2.45, 2.75) is 18.2 Å². The summed E-state index contributed by atoms with van der Waals surface area (Å²) >= 11 is 0. The summed E-state index contributed by atoms with van der Waals surface area (Å²) in [6.07, 6.45) is 3.26. The Hall–Kier alpha value is -0.920. The van der Waals surface area contributed by atoms with Gasteiger partial charge in [0.1, 0.15) is 4.90 Å². The molecule has 7 heteroatoms. The van der Waals surface area contributed by atoms with Gasteiger partial charge >= 0.3 is 0 Å². The summed E-state index contributed by atoms with van der Waals surface area (Å²) in [5.74, 6) is 0. The van der Waals surface area contributed by atoms with E-state index >= 15 is 0 Å². The van der Waals surface area contributed by atoms with E-state index in [1.807, 2.05) is 6.92 Å². The molecule has 0 amide bonds. The normalized spacial score (nSPS) is 11.8. The van der Waals surface area contributed by atoms with Crippen LogP contribution in [0.15, 0.2) is 17.3 Å². The summed E-state index contributed by atoms with van der Waals surface area (Å²) in [6, 6.07) is 0. The maximum absolute atomic E-state index is 11.5. The maximum atomic E-state index is 11.5. The smallest absolute Gasteiger partial charge is 0.243 e. The SMILES string of the molecule is CCOCCCNS(=O)(=O)c1cn[nH]c1. The van der Waals surface area contributed by atoms with Crippen LogP contribution in [-0.4, -0.2) is 38.4 Å². The second-order valence-electron chi connectivity index (χ2n) is 2.88. The fourth-order valence-electron chi connectivity index (χ4n) is 0.994. The zero-order chi connectivity index (χ0) is 11.1. The van der Waals surface area contributed by atoms with Gasteiger partial charge < -0.3 is 4.74 Å². The molecule has 0 saturated heterocycles. The molecule has 1 rings (SSSR count). The molecule has 2 N–H and O–H groups in total. The highest BCUT2D eigenvalue weighted by Crippen LogP contribution is 2.03. The number of aromatic nitrogens is 2. The first-order valence-electron chi connectivity index (χ1n) is 4.73. The van der Waals surface area contributed by atoms with Gasteiger partial charge in [-0.05, 0) is 13.3 Å². The highest BCUT2D eigenvalue weighted by molar-refractivity contribution is 7.89. The minimum Gasteiger partial charge on any atom is -0.382 e. The zero-order valence-corrected chi connectivity index (χ0v) is 9.38. The Morgan fingerprint density at radius 3 is 3.00 bits per heavy atom. The lowest BCUT2D eigenvalue weighted by Crippen LogP contribution is -2.25. The van der Waals surface area contributed by atoms with Crippen LogP contribution in [-0.2, 0) is 14.8 Å². The lowest BCUT2D eigenvalue weighted by Gasteiger charge is -2.04. The molecule has 15 heavy (non-hydrogen) atoms. The molecule has 0 spiro atoms. The van der Waals surface area contributed by atoms with Crippen LogP contribution in [0, 0.1) is 0 Å². The average molecular weight is 233 g/mol. The van der Waals surface area contributed by atoms with Crippen molar-refractivity contribution < 1.29 is 13.2 Å². The molecule has 1 heterocycles. The van der Waals surface area contributed by atoms with E-state index in [4.69, 9.17) is 4.74 Å². The Morgan fingerprint density at radius 2 is 2.40 bits per heavy atom. The molecule has 6 nitrogen and oxygen atoms in total. The minimum atomic E-state index is -3.40. The Kier molecular flexibility index (Phi) is 4.73. The van der Waals surface area contributed by atoms with Crippen molar-refractivity contribution in [3.05, 3.63) is 12.4 Å². The van der Waals surface area contributed by atoms with Crippen molar-refractivity contribution in [1.82, 2.24) is 14.9 Å². The lowest BCUT2D eigenvalue weighted by molar-refractivity contribution is 0.146. The van der Waals surface area contributed by atoms with E-state index in [-0.39, 0.29) is 4.90 Å². The van der Waals surface area contributed by atoms with Crippen molar-refractivity contribution >= 4 is 10.0 Å². The van der Waals surface area contributed by atoms with Gasteiger partial charge in [-0.15, -0.1) is 0 Å². The van der Waals surface area contributed by atoms with Crippen molar-refractivity contribution in [2.24, 2.45) is 0 Å². The van der Waals surface area contributed by atoms with Crippen LogP contribution >= 0.6 is 0 Å². The van der Waals surface area contributed by atoms with Crippen molar-refractivity contribution in [1.29, 1.82) is 0 Å². The van der Waals surface area contributed by atoms with Crippen LogP contribution in [0.25, 0.3) is 0 Å². The van der Waals surface area contributed by atoms with E-state index in [0.717, 1.165) is 0 Å². The zero-order valence-electron chi connectivity index (χ0n) is 8.56. The third kappa shape index (κ3) is 3.98. The summed E-state index contributed by atoms with van der Waals surface area (Å²) in [6.45, 7) is 3.47. The fourth-order valence-corrected chi connectivity index (χ4v) is 1.97. The van der Waals surface area contributed by atoms with Gasteiger partial charge in [-0.2, -0.15) is 5.10 Å². The third-order valence-electron chi connectivity index (χ3n) is 1.75. The molecule has 0 aliphatic rings. The minimum absolute atomic E-state index is 0.152. The van der Waals surface area contributed by atoms with Crippen LogP contribution < -0.4 is 4.72 Å². The Bertz CT molecular complexity index is 360. The van der Waals surface area contributed by atoms with E-state index in [1.165, 1.54) is 12.4 Å². The molecule has 0 aliphatic carbocycles. The van der Waals surface area contributed by atoms with Crippen molar-refractivity contribution in [3.63, 3.8) is 0 Å². The van der Waals surface area contributed by atoms with Crippen molar-refractivity contribution in [2.75, 3.05) is 19.8 Å². The molecule has 1 aromatic heterocycles. The number of H-pyrrole nitrogens is 1. The molecular weight excluding hydrogens is 218 g/mol. The van der Waals surface area contributed by atoms with Gasteiger partial charge in [0.15, 0.2) is 0 Å². The summed E-state index contributed by atoms with van der Waals surface area (Å²) in [7, 11) is -3.40. The second kappa shape index (κ2) is 5.84. The molecule has 0 bridgehead atoms. The number of nitrogens with zero attached hydrogens (tertiary/aromatic N) is 1. The molecule has 86 valence electrons. The highest BCUT2D eigenvalue weighted by Gasteiger charge is 2.13. The maximum Gasteiger partial charge on any atom is 0.243 e. The van der Waals surface area contributed by atoms with Gasteiger partial charge in [-0.1, -0.05) is 0 Å². The van der Waals surface area contributed by atoms with Gasteiger partial charge in [0.05, 0.1) is 6.20 Å². The number of ether oxygens (including phenoxy) is 1. The third-order valence-corrected chi connectivity index (χ3v) is 3.17. The highest BCUT2D eigenvalue weighted by atomic mass is 32.2. The van der Waals surface area contributed by atoms with Gasteiger partial charge in [-0.3, -0.25) is 5.10 Å². The Balaban J connectivity index is 2.32. The fraction of sp³-hybridized carbons (Fsp3) is 0.625. The van der Waals surface area contributed by atoms with E-state index in [9.17, 15) is 8.42 Å². The average Bonchev–Trinajstić information content (AvgIpc) is 2.70. The van der Waals surface area contributed by atoms with E-state index in [0.29, 0.717) is 26.2 Å². The van der Waals surface area contributed by atoms with Crippen LogP contribution in [0.3, 0.4) is 0 Å². The molecule has 0 atom stereocenters. The molecule has 0 aromatic carbocycles. The first kappa shape index (κ1) is 12.2. The summed E-state index contributed by atoms with van der Waals surface area (Å²) in [5.41, 5.74) is 0. The number of aromatic amines is 1. The molecular formula is C8H15N3O3S. The first-order valence-corrected chi connectivity index (χ1v) is 6.21. The number of hydrogen-bond donors (Lipinski definition) is 2. The predicted octanol–water partition coefficient (Wildman–Crippen LogP) is 0.115. The summed E-state index contributed by atoms with van der Waals surface area (Å²) in [4.78, 5) is 0.152. The number of rotatable bonds is 7. The molecule has 0 radical (unpaired) electrons. The molecule has 0 aliphatic heterocycles. The van der Waals surface area contributed by atoms with Crippen LogP contribution in [0.1, 0.15) is 13.3 Å². The quantitative estimate of drug-likeness (QED) is 0.655. The number of sulfonamides is 1. The molecule has 1 aromatic rings. The van der Waals surface area contributed by atoms with Crippen LogP contribution in [0.4, 0.5) is 0 Å². The molecule has 0 fully saturated rings. The number of nitrogens with one attached hydrogen (secondary N) is 2. The lowest BCUT2D eigenvalue weighted by atomic mass is 10.5. The van der Waals surface area contributed by atoms with Crippen LogP contribution in [0.5, 0.6) is 0 Å². The second-order valence-corrected chi connectivity index (χ2v) is 4.65. The van der Waals surface area contributed by atoms with Gasteiger partial charge in [0.25, 0.3) is 0 Å². The Labute approximate surface area is 89.1 Å². The van der Waals surface area contributed by atoms with Gasteiger partial charge in [-0.25, -0.2) is 13.1 Å². The number of hydrogen-bond acceptors (Lipinski definition) is 4. The monoisotopic (exact) mass is 233 g/mol.